The maximum atomic E-state index is 4.66. The highest BCUT2D eigenvalue weighted by Crippen LogP contribution is 2.17. The molecule has 1 aromatic heterocycles. The van der Waals surface area contributed by atoms with Gasteiger partial charge >= 0.3 is 0 Å². The molecule has 0 bridgehead atoms. The van der Waals surface area contributed by atoms with E-state index in [4.69, 9.17) is 0 Å². The molecule has 1 fully saturated rings. The first-order valence-electron chi connectivity index (χ1n) is 9.74. The Morgan fingerprint density at radius 3 is 2.56 bits per heavy atom. The van der Waals surface area contributed by atoms with Crippen LogP contribution in [0.1, 0.15) is 22.8 Å². The molecule has 0 saturated carbocycles. The topological polar surface area (TPSA) is 48.0 Å². The Morgan fingerprint density at radius 1 is 0.963 bits per heavy atom. The molecule has 2 heterocycles. The second-order valence-electron chi connectivity index (χ2n) is 7.28. The van der Waals surface area contributed by atoms with Crippen molar-refractivity contribution in [3.05, 3.63) is 77.4 Å². The number of benzene rings is 2. The summed E-state index contributed by atoms with van der Waals surface area (Å²) < 4.78 is 0. The molecule has 5 nitrogen and oxygen atoms in total. The van der Waals surface area contributed by atoms with E-state index >= 15 is 0 Å². The molecule has 140 valence electrons. The fraction of sp³-hybridized carbons (Fsp3) is 0.364. The Labute approximate surface area is 161 Å². The predicted octanol–water partition coefficient (Wildman–Crippen LogP) is 3.07. The Kier molecular flexibility index (Phi) is 5.49. The van der Waals surface area contributed by atoms with Crippen molar-refractivity contribution in [1.29, 1.82) is 0 Å². The minimum Gasteiger partial charge on any atom is -0.369 e. The highest BCUT2D eigenvalue weighted by atomic mass is 15.3. The van der Waals surface area contributed by atoms with Gasteiger partial charge < -0.3 is 4.90 Å². The van der Waals surface area contributed by atoms with Crippen LogP contribution in [0.2, 0.25) is 0 Å². The summed E-state index contributed by atoms with van der Waals surface area (Å²) in [7, 11) is 0. The van der Waals surface area contributed by atoms with Crippen molar-refractivity contribution in [1.82, 2.24) is 20.1 Å². The van der Waals surface area contributed by atoms with Crippen LogP contribution in [0.25, 0.3) is 0 Å². The van der Waals surface area contributed by atoms with Gasteiger partial charge in [-0.25, -0.2) is 4.98 Å². The second kappa shape index (κ2) is 8.35. The third-order valence-electron chi connectivity index (χ3n) is 5.18. The van der Waals surface area contributed by atoms with E-state index in [2.05, 4.69) is 80.4 Å². The van der Waals surface area contributed by atoms with Gasteiger partial charge in [-0.15, -0.1) is 0 Å². The number of rotatable bonds is 6. The summed E-state index contributed by atoms with van der Waals surface area (Å²) in [5.41, 5.74) is 3.92. The Balaban J connectivity index is 1.24. The van der Waals surface area contributed by atoms with Crippen LogP contribution < -0.4 is 4.90 Å². The maximum Gasteiger partial charge on any atom is 0.151 e. The zero-order chi connectivity index (χ0) is 18.5. The second-order valence-corrected chi connectivity index (χ2v) is 7.28. The monoisotopic (exact) mass is 361 g/mol. The van der Waals surface area contributed by atoms with Crippen LogP contribution in [-0.4, -0.2) is 52.8 Å². The Morgan fingerprint density at radius 2 is 1.78 bits per heavy atom. The molecule has 0 spiro atoms. The molecule has 1 saturated heterocycles. The molecule has 4 rings (SSSR count). The molecule has 1 N–H and O–H groups in total. The number of hydrogen-bond donors (Lipinski definition) is 1. The average Bonchev–Trinajstić information content (AvgIpc) is 3.15. The van der Waals surface area contributed by atoms with Crippen LogP contribution in [0.5, 0.6) is 0 Å². The number of anilines is 1. The van der Waals surface area contributed by atoms with Gasteiger partial charge in [0.05, 0.1) is 0 Å². The Hall–Kier alpha value is -2.66. The largest absolute Gasteiger partial charge is 0.369 e. The van der Waals surface area contributed by atoms with Gasteiger partial charge in [0.2, 0.25) is 0 Å². The van der Waals surface area contributed by atoms with Crippen molar-refractivity contribution in [2.75, 3.05) is 37.6 Å². The molecule has 1 aliphatic rings. The van der Waals surface area contributed by atoms with Gasteiger partial charge in [0.1, 0.15) is 5.82 Å². The number of nitrogens with one attached hydrogen (secondary N) is 1. The zero-order valence-electron chi connectivity index (χ0n) is 15.9. The van der Waals surface area contributed by atoms with E-state index in [0.29, 0.717) is 0 Å². The summed E-state index contributed by atoms with van der Waals surface area (Å²) in [5.74, 6) is 1.86. The van der Waals surface area contributed by atoms with E-state index in [1.54, 1.807) is 0 Å². The first kappa shape index (κ1) is 17.7. The summed E-state index contributed by atoms with van der Waals surface area (Å²) >= 11 is 0. The van der Waals surface area contributed by atoms with Crippen molar-refractivity contribution >= 4 is 5.69 Å². The van der Waals surface area contributed by atoms with E-state index in [9.17, 15) is 0 Å². The van der Waals surface area contributed by atoms with Crippen molar-refractivity contribution in [3.8, 4) is 0 Å². The SMILES string of the molecule is Cc1cccc(N2CCN(CCc3n[nH]c(Cc4ccccc4)n3)CC2)c1. The Bertz CT molecular complexity index is 850. The number of H-pyrrole nitrogens is 1. The van der Waals surface area contributed by atoms with Crippen LogP contribution in [-0.2, 0) is 12.8 Å². The van der Waals surface area contributed by atoms with E-state index < -0.39 is 0 Å². The number of hydrogen-bond acceptors (Lipinski definition) is 4. The number of aromatic nitrogens is 3. The summed E-state index contributed by atoms with van der Waals surface area (Å²) in [6.45, 7) is 7.52. The zero-order valence-corrected chi connectivity index (χ0v) is 15.9. The summed E-state index contributed by atoms with van der Waals surface area (Å²) in [4.78, 5) is 9.65. The normalized spacial score (nSPS) is 15.2. The standard InChI is InChI=1S/C22H27N5/c1-18-6-5-9-20(16-18)27-14-12-26(13-15-27)11-10-21-23-22(25-24-21)17-19-7-3-2-4-8-19/h2-9,16H,10-15,17H2,1H3,(H,23,24,25). The van der Waals surface area contributed by atoms with Gasteiger partial charge in [-0.2, -0.15) is 5.10 Å². The van der Waals surface area contributed by atoms with Crippen molar-refractivity contribution in [2.45, 2.75) is 19.8 Å². The molecule has 1 aliphatic heterocycles. The number of aromatic amines is 1. The van der Waals surface area contributed by atoms with Crippen molar-refractivity contribution in [2.24, 2.45) is 0 Å². The first-order chi connectivity index (χ1) is 13.3. The van der Waals surface area contributed by atoms with Gasteiger partial charge in [-0.1, -0.05) is 42.5 Å². The highest BCUT2D eigenvalue weighted by Gasteiger charge is 2.17. The molecule has 0 aliphatic carbocycles. The molecule has 0 unspecified atom stereocenters. The number of piperazine rings is 1. The summed E-state index contributed by atoms with van der Waals surface area (Å²) in [6, 6.07) is 19.2. The van der Waals surface area contributed by atoms with E-state index in [-0.39, 0.29) is 0 Å². The molecule has 27 heavy (non-hydrogen) atoms. The molecular weight excluding hydrogens is 334 g/mol. The maximum absolute atomic E-state index is 4.66. The fourth-order valence-electron chi connectivity index (χ4n) is 3.63. The molecule has 0 radical (unpaired) electrons. The molecule has 2 aromatic carbocycles. The third-order valence-corrected chi connectivity index (χ3v) is 5.18. The van der Waals surface area contributed by atoms with Crippen LogP contribution in [0.15, 0.2) is 54.6 Å². The fourth-order valence-corrected chi connectivity index (χ4v) is 3.63. The van der Waals surface area contributed by atoms with Crippen LogP contribution >= 0.6 is 0 Å². The van der Waals surface area contributed by atoms with Gasteiger partial charge in [0.25, 0.3) is 0 Å². The van der Waals surface area contributed by atoms with Gasteiger partial charge in [-0.3, -0.25) is 10.00 Å². The summed E-state index contributed by atoms with van der Waals surface area (Å²) in [5, 5.41) is 7.48. The van der Waals surface area contributed by atoms with E-state index in [1.807, 2.05) is 6.07 Å². The van der Waals surface area contributed by atoms with Gasteiger partial charge in [-0.05, 0) is 30.2 Å². The molecular formula is C22H27N5. The van der Waals surface area contributed by atoms with Gasteiger partial charge in [0.15, 0.2) is 5.82 Å². The first-order valence-corrected chi connectivity index (χ1v) is 9.74. The van der Waals surface area contributed by atoms with Crippen LogP contribution in [0, 0.1) is 6.92 Å². The predicted molar refractivity (Wildman–Crippen MR) is 109 cm³/mol. The number of aryl methyl sites for hydroxylation is 1. The van der Waals surface area contributed by atoms with E-state index in [1.165, 1.54) is 16.8 Å². The van der Waals surface area contributed by atoms with Gasteiger partial charge in [0, 0.05) is 51.3 Å². The molecule has 3 aromatic rings. The lowest BCUT2D eigenvalue weighted by Gasteiger charge is -2.36. The van der Waals surface area contributed by atoms with E-state index in [0.717, 1.165) is 57.2 Å². The quantitative estimate of drug-likeness (QED) is 0.733. The molecule has 0 atom stereocenters. The lowest BCUT2D eigenvalue weighted by Crippen LogP contribution is -2.47. The van der Waals surface area contributed by atoms with Crippen LogP contribution in [0.4, 0.5) is 5.69 Å². The molecule has 5 heteroatoms. The third kappa shape index (κ3) is 4.74. The highest BCUT2D eigenvalue weighted by molar-refractivity contribution is 5.48. The minimum absolute atomic E-state index is 0.809. The lowest BCUT2D eigenvalue weighted by molar-refractivity contribution is 0.259. The number of nitrogens with zero attached hydrogens (tertiary/aromatic N) is 4. The average molecular weight is 361 g/mol. The lowest BCUT2D eigenvalue weighted by atomic mass is 10.1. The van der Waals surface area contributed by atoms with Crippen molar-refractivity contribution in [3.63, 3.8) is 0 Å². The molecule has 0 amide bonds. The van der Waals surface area contributed by atoms with Crippen LogP contribution in [0.3, 0.4) is 0 Å². The minimum atomic E-state index is 0.809. The van der Waals surface area contributed by atoms with Crippen molar-refractivity contribution < 1.29 is 0 Å². The summed E-state index contributed by atoms with van der Waals surface area (Å²) in [6.07, 6.45) is 1.71. The smallest absolute Gasteiger partial charge is 0.151 e.